The Hall–Kier alpha value is -2.89. The third kappa shape index (κ3) is 4.64. The largest absolute Gasteiger partial charge is 0.493 e. The highest BCUT2D eigenvalue weighted by molar-refractivity contribution is 9.10. The first-order valence-corrected chi connectivity index (χ1v) is 10.3. The van der Waals surface area contributed by atoms with Crippen molar-refractivity contribution in [1.82, 2.24) is 9.66 Å². The lowest BCUT2D eigenvalue weighted by atomic mass is 10.2. The number of hydrogen-bond acceptors (Lipinski definition) is 6. The lowest BCUT2D eigenvalue weighted by Gasteiger charge is -2.11. The summed E-state index contributed by atoms with van der Waals surface area (Å²) in [5, 5.41) is 13.8. The normalized spacial score (nSPS) is 11.0. The van der Waals surface area contributed by atoms with E-state index in [1.165, 1.54) is 18.0 Å². The number of benzene rings is 2. The van der Waals surface area contributed by atoms with Crippen LogP contribution in [0, 0.1) is 11.3 Å². The van der Waals surface area contributed by atoms with Crippen molar-refractivity contribution in [3.8, 4) is 17.6 Å². The van der Waals surface area contributed by atoms with Crippen molar-refractivity contribution in [1.29, 1.82) is 5.26 Å². The van der Waals surface area contributed by atoms with Gasteiger partial charge in [-0.05, 0) is 42.3 Å². The van der Waals surface area contributed by atoms with Crippen LogP contribution >= 0.6 is 27.5 Å². The van der Waals surface area contributed by atoms with Gasteiger partial charge in [0, 0.05) is 10.9 Å². The molecule has 9 heteroatoms. The van der Waals surface area contributed by atoms with Crippen LogP contribution in [0.4, 0.5) is 0 Å². The SMILES string of the molecule is CCCc1nc2ccc(Br)cc2c(=O)n1N=Cc1cc(Cl)c(OCC#N)c(OC)c1. The fourth-order valence-corrected chi connectivity index (χ4v) is 3.52. The number of halogens is 2. The minimum atomic E-state index is -0.256. The fraction of sp³-hybridized carbons (Fsp3) is 0.238. The topological polar surface area (TPSA) is 89.5 Å². The maximum Gasteiger partial charge on any atom is 0.282 e. The minimum Gasteiger partial charge on any atom is -0.493 e. The van der Waals surface area contributed by atoms with Crippen LogP contribution in [0.2, 0.25) is 5.02 Å². The van der Waals surface area contributed by atoms with Crippen LogP contribution in [0.15, 0.2) is 44.7 Å². The number of methoxy groups -OCH3 is 1. The molecule has 0 spiro atoms. The number of aryl methyl sites for hydroxylation is 1. The van der Waals surface area contributed by atoms with Gasteiger partial charge < -0.3 is 9.47 Å². The molecule has 0 aliphatic rings. The Morgan fingerprint density at radius 2 is 2.17 bits per heavy atom. The molecule has 3 rings (SSSR count). The number of hydrogen-bond donors (Lipinski definition) is 0. The summed E-state index contributed by atoms with van der Waals surface area (Å²) in [4.78, 5) is 17.7. The average molecular weight is 490 g/mol. The summed E-state index contributed by atoms with van der Waals surface area (Å²) < 4.78 is 12.7. The molecule has 7 nitrogen and oxygen atoms in total. The average Bonchev–Trinajstić information content (AvgIpc) is 2.73. The Bertz CT molecular complexity index is 1220. The number of fused-ring (bicyclic) bond motifs is 1. The first-order valence-electron chi connectivity index (χ1n) is 9.11. The second kappa shape index (κ2) is 9.74. The maximum atomic E-state index is 13.0. The van der Waals surface area contributed by atoms with Crippen molar-refractivity contribution in [3.63, 3.8) is 0 Å². The highest BCUT2D eigenvalue weighted by Crippen LogP contribution is 2.36. The smallest absolute Gasteiger partial charge is 0.282 e. The molecular formula is C21H18BrClN4O3. The van der Waals surface area contributed by atoms with E-state index in [0.29, 0.717) is 34.5 Å². The minimum absolute atomic E-state index is 0.155. The molecule has 0 aliphatic carbocycles. The fourth-order valence-electron chi connectivity index (χ4n) is 2.88. The summed E-state index contributed by atoms with van der Waals surface area (Å²) in [5.41, 5.74) is 0.972. The first kappa shape index (κ1) is 21.8. The van der Waals surface area contributed by atoms with E-state index >= 15 is 0 Å². The van der Waals surface area contributed by atoms with E-state index < -0.39 is 0 Å². The molecule has 1 aromatic heterocycles. The van der Waals surface area contributed by atoms with E-state index in [9.17, 15) is 4.79 Å². The zero-order valence-electron chi connectivity index (χ0n) is 16.4. The molecule has 154 valence electrons. The second-order valence-electron chi connectivity index (χ2n) is 6.28. The highest BCUT2D eigenvalue weighted by Gasteiger charge is 2.13. The van der Waals surface area contributed by atoms with E-state index in [2.05, 4.69) is 26.0 Å². The first-order chi connectivity index (χ1) is 14.5. The zero-order valence-corrected chi connectivity index (χ0v) is 18.7. The Balaban J connectivity index is 2.08. The van der Waals surface area contributed by atoms with E-state index in [0.717, 1.165) is 10.9 Å². The van der Waals surface area contributed by atoms with Gasteiger partial charge in [0.25, 0.3) is 5.56 Å². The second-order valence-corrected chi connectivity index (χ2v) is 7.60. The number of nitrogens with zero attached hydrogens (tertiary/aromatic N) is 4. The Labute approximate surface area is 186 Å². The van der Waals surface area contributed by atoms with Crippen LogP contribution in [0.25, 0.3) is 10.9 Å². The Kier molecular flexibility index (Phi) is 7.08. The van der Waals surface area contributed by atoms with Crippen LogP contribution in [0.1, 0.15) is 24.7 Å². The Morgan fingerprint density at radius 3 is 2.87 bits per heavy atom. The summed E-state index contributed by atoms with van der Waals surface area (Å²) in [7, 11) is 1.47. The lowest BCUT2D eigenvalue weighted by molar-refractivity contribution is 0.330. The number of aromatic nitrogens is 2. The molecule has 0 unspecified atom stereocenters. The summed E-state index contributed by atoms with van der Waals surface area (Å²) >= 11 is 9.67. The Morgan fingerprint density at radius 1 is 1.37 bits per heavy atom. The van der Waals surface area contributed by atoms with Gasteiger partial charge in [-0.3, -0.25) is 4.79 Å². The van der Waals surface area contributed by atoms with Gasteiger partial charge in [-0.25, -0.2) is 4.98 Å². The van der Waals surface area contributed by atoms with Gasteiger partial charge in [-0.15, -0.1) is 0 Å². The van der Waals surface area contributed by atoms with Gasteiger partial charge in [0.1, 0.15) is 11.9 Å². The number of ether oxygens (including phenoxy) is 2. The van der Waals surface area contributed by atoms with Gasteiger partial charge in [0.05, 0.1) is 29.2 Å². The highest BCUT2D eigenvalue weighted by atomic mass is 79.9. The van der Waals surface area contributed by atoms with Crippen molar-refractivity contribution in [2.24, 2.45) is 5.10 Å². The molecule has 0 aliphatic heterocycles. The molecule has 0 saturated carbocycles. The third-order valence-electron chi connectivity index (χ3n) is 4.20. The molecule has 2 aromatic carbocycles. The monoisotopic (exact) mass is 488 g/mol. The molecule has 0 radical (unpaired) electrons. The predicted octanol–water partition coefficient (Wildman–Crippen LogP) is 4.56. The summed E-state index contributed by atoms with van der Waals surface area (Å²) in [6.45, 7) is 1.86. The molecular weight excluding hydrogens is 472 g/mol. The molecule has 30 heavy (non-hydrogen) atoms. The summed E-state index contributed by atoms with van der Waals surface area (Å²) in [6.07, 6.45) is 2.92. The molecule has 1 heterocycles. The van der Waals surface area contributed by atoms with E-state index in [1.54, 1.807) is 24.3 Å². The molecule has 3 aromatic rings. The lowest BCUT2D eigenvalue weighted by Crippen LogP contribution is -2.22. The molecule has 0 bridgehead atoms. The molecule has 0 amide bonds. The molecule has 0 saturated heterocycles. The maximum absolute atomic E-state index is 13.0. The standard InChI is InChI=1S/C21H18BrClN4O3/c1-3-4-19-26-17-6-5-14(22)11-15(17)21(28)27(19)25-12-13-9-16(23)20(30-8-7-24)18(10-13)29-2/h5-6,9-12H,3-4,8H2,1-2H3. The van der Waals surface area contributed by atoms with E-state index in [-0.39, 0.29) is 22.9 Å². The van der Waals surface area contributed by atoms with Gasteiger partial charge in [0.2, 0.25) is 0 Å². The zero-order chi connectivity index (χ0) is 21.7. The van der Waals surface area contributed by atoms with Crippen molar-refractivity contribution < 1.29 is 9.47 Å². The predicted molar refractivity (Wildman–Crippen MR) is 120 cm³/mol. The van der Waals surface area contributed by atoms with E-state index in [1.807, 2.05) is 19.1 Å². The van der Waals surface area contributed by atoms with Crippen LogP contribution in [0.5, 0.6) is 11.5 Å². The molecule has 0 fully saturated rings. The van der Waals surface area contributed by atoms with Gasteiger partial charge in [-0.2, -0.15) is 15.0 Å². The van der Waals surface area contributed by atoms with E-state index in [4.69, 9.17) is 26.3 Å². The van der Waals surface area contributed by atoms with Gasteiger partial charge >= 0.3 is 0 Å². The summed E-state index contributed by atoms with van der Waals surface area (Å²) in [5.74, 6) is 1.21. The molecule has 0 N–H and O–H groups in total. The quantitative estimate of drug-likeness (QED) is 0.454. The van der Waals surface area contributed by atoms with Crippen molar-refractivity contribution in [2.45, 2.75) is 19.8 Å². The van der Waals surface area contributed by atoms with Crippen LogP contribution in [-0.4, -0.2) is 29.6 Å². The third-order valence-corrected chi connectivity index (χ3v) is 4.98. The van der Waals surface area contributed by atoms with Crippen LogP contribution in [0.3, 0.4) is 0 Å². The van der Waals surface area contributed by atoms with Crippen molar-refractivity contribution in [2.75, 3.05) is 13.7 Å². The van der Waals surface area contributed by atoms with Crippen molar-refractivity contribution in [3.05, 3.63) is 61.6 Å². The number of rotatable bonds is 7. The van der Waals surface area contributed by atoms with Crippen LogP contribution < -0.4 is 15.0 Å². The van der Waals surface area contributed by atoms with Crippen molar-refractivity contribution >= 4 is 44.6 Å². The van der Waals surface area contributed by atoms with Gasteiger partial charge in [0.15, 0.2) is 18.1 Å². The molecule has 0 atom stereocenters. The summed E-state index contributed by atoms with van der Waals surface area (Å²) in [6, 6.07) is 10.6. The van der Waals surface area contributed by atoms with Crippen LogP contribution in [-0.2, 0) is 6.42 Å². The van der Waals surface area contributed by atoms with Gasteiger partial charge in [-0.1, -0.05) is 34.5 Å². The number of nitriles is 1.